The highest BCUT2D eigenvalue weighted by Crippen LogP contribution is 2.24. The predicted octanol–water partition coefficient (Wildman–Crippen LogP) is 2.84. The Morgan fingerprint density at radius 1 is 1.06 bits per heavy atom. The molecule has 0 radical (unpaired) electrons. The highest BCUT2D eigenvalue weighted by atomic mass is 32.2. The van der Waals surface area contributed by atoms with Crippen LogP contribution in [0.2, 0.25) is 0 Å². The van der Waals surface area contributed by atoms with Crippen LogP contribution in [0.3, 0.4) is 0 Å². The number of amides is 1. The van der Waals surface area contributed by atoms with Crippen LogP contribution in [0.4, 0.5) is 0 Å². The summed E-state index contributed by atoms with van der Waals surface area (Å²) in [7, 11) is -2.16. The molecular formula is C21H24N4O3S3. The largest absolute Gasteiger partial charge is 0.339 e. The highest BCUT2D eigenvalue weighted by molar-refractivity contribution is 7.91. The van der Waals surface area contributed by atoms with Crippen molar-refractivity contribution in [3.05, 3.63) is 58.9 Å². The molecule has 1 aliphatic heterocycles. The summed E-state index contributed by atoms with van der Waals surface area (Å²) in [4.78, 5) is 21.4. The van der Waals surface area contributed by atoms with Crippen molar-refractivity contribution in [3.63, 3.8) is 0 Å². The lowest BCUT2D eigenvalue weighted by molar-refractivity contribution is -0.133. The first kappa shape index (κ1) is 22.1. The van der Waals surface area contributed by atoms with Gasteiger partial charge in [-0.05, 0) is 11.4 Å². The molecule has 0 spiro atoms. The molecule has 0 atom stereocenters. The molecule has 1 aliphatic rings. The molecule has 0 aliphatic carbocycles. The van der Waals surface area contributed by atoms with Gasteiger partial charge in [0.05, 0.1) is 12.2 Å². The second-order valence-electron chi connectivity index (χ2n) is 7.36. The number of hydrogen-bond acceptors (Lipinski definition) is 7. The van der Waals surface area contributed by atoms with Gasteiger partial charge in [-0.1, -0.05) is 36.4 Å². The molecule has 7 nitrogen and oxygen atoms in total. The monoisotopic (exact) mass is 476 g/mol. The first-order valence-electron chi connectivity index (χ1n) is 9.93. The van der Waals surface area contributed by atoms with Crippen molar-refractivity contribution in [3.8, 4) is 10.6 Å². The van der Waals surface area contributed by atoms with Gasteiger partial charge in [-0.3, -0.25) is 9.69 Å². The van der Waals surface area contributed by atoms with E-state index in [1.54, 1.807) is 33.7 Å². The number of benzene rings is 1. The van der Waals surface area contributed by atoms with Crippen molar-refractivity contribution in [2.75, 3.05) is 39.8 Å². The van der Waals surface area contributed by atoms with E-state index >= 15 is 0 Å². The molecular weight excluding hydrogens is 452 g/mol. The molecule has 0 unspecified atom stereocenters. The molecule has 1 aromatic carbocycles. The SMILES string of the molecule is CN(CC(=O)N1CCN(Cc2csc(-c3ccccc3)n2)CC1)S(=O)(=O)c1cccs1. The summed E-state index contributed by atoms with van der Waals surface area (Å²) in [6.45, 7) is 3.25. The third-order valence-corrected chi connectivity index (χ3v) is 9.32. The zero-order valence-corrected chi connectivity index (χ0v) is 19.6. The summed E-state index contributed by atoms with van der Waals surface area (Å²) >= 11 is 2.80. The number of carbonyl (C=O) groups excluding carboxylic acids is 1. The maximum Gasteiger partial charge on any atom is 0.252 e. The van der Waals surface area contributed by atoms with E-state index in [0.29, 0.717) is 13.1 Å². The van der Waals surface area contributed by atoms with Gasteiger partial charge in [0.1, 0.15) is 9.22 Å². The third-order valence-electron chi connectivity index (χ3n) is 5.20. The molecule has 3 aromatic rings. The molecule has 1 saturated heterocycles. The van der Waals surface area contributed by atoms with E-state index in [9.17, 15) is 13.2 Å². The molecule has 0 N–H and O–H groups in total. The van der Waals surface area contributed by atoms with Gasteiger partial charge in [0.15, 0.2) is 0 Å². The summed E-state index contributed by atoms with van der Waals surface area (Å²) in [5.74, 6) is -0.165. The third kappa shape index (κ3) is 5.21. The van der Waals surface area contributed by atoms with Crippen molar-refractivity contribution < 1.29 is 13.2 Å². The average Bonchev–Trinajstić information content (AvgIpc) is 3.48. The zero-order valence-electron chi connectivity index (χ0n) is 17.2. The van der Waals surface area contributed by atoms with E-state index in [1.807, 2.05) is 18.2 Å². The van der Waals surface area contributed by atoms with Crippen LogP contribution in [0, 0.1) is 0 Å². The van der Waals surface area contributed by atoms with Crippen LogP contribution < -0.4 is 0 Å². The van der Waals surface area contributed by atoms with Crippen LogP contribution in [0.15, 0.2) is 57.4 Å². The summed E-state index contributed by atoms with van der Waals surface area (Å²) in [6.07, 6.45) is 0. The van der Waals surface area contributed by atoms with Crippen molar-refractivity contribution in [2.45, 2.75) is 10.8 Å². The van der Waals surface area contributed by atoms with Crippen LogP contribution in [-0.4, -0.2) is 73.2 Å². The fourth-order valence-corrected chi connectivity index (χ4v) is 6.56. The van der Waals surface area contributed by atoms with Gasteiger partial charge in [0.2, 0.25) is 5.91 Å². The first-order chi connectivity index (χ1) is 14.9. The summed E-state index contributed by atoms with van der Waals surface area (Å²) in [5.41, 5.74) is 2.15. The van der Waals surface area contributed by atoms with Gasteiger partial charge >= 0.3 is 0 Å². The van der Waals surface area contributed by atoms with Crippen LogP contribution >= 0.6 is 22.7 Å². The number of likely N-dealkylation sites (N-methyl/N-ethyl adjacent to an activating group) is 1. The van der Waals surface area contributed by atoms with Crippen LogP contribution in [0.25, 0.3) is 10.6 Å². The second kappa shape index (κ2) is 9.58. The smallest absolute Gasteiger partial charge is 0.252 e. The summed E-state index contributed by atoms with van der Waals surface area (Å²) in [5, 5.41) is 4.82. The van der Waals surface area contributed by atoms with Crippen molar-refractivity contribution in [1.82, 2.24) is 19.1 Å². The van der Waals surface area contributed by atoms with Crippen LogP contribution in [0.5, 0.6) is 0 Å². The fraction of sp³-hybridized carbons (Fsp3) is 0.333. The molecule has 31 heavy (non-hydrogen) atoms. The number of nitrogens with zero attached hydrogens (tertiary/aromatic N) is 4. The van der Waals surface area contributed by atoms with E-state index in [2.05, 4.69) is 22.4 Å². The minimum atomic E-state index is -3.61. The van der Waals surface area contributed by atoms with Gasteiger partial charge < -0.3 is 4.90 Å². The molecule has 164 valence electrons. The number of thiazole rings is 1. The Morgan fingerprint density at radius 3 is 2.48 bits per heavy atom. The Balaban J connectivity index is 1.28. The van der Waals surface area contributed by atoms with E-state index in [1.165, 1.54) is 7.05 Å². The van der Waals surface area contributed by atoms with Gasteiger partial charge in [-0.25, -0.2) is 13.4 Å². The number of rotatable bonds is 7. The fourth-order valence-electron chi connectivity index (χ4n) is 3.42. The lowest BCUT2D eigenvalue weighted by Crippen LogP contribution is -2.51. The Morgan fingerprint density at radius 2 is 1.81 bits per heavy atom. The van der Waals surface area contributed by atoms with E-state index < -0.39 is 10.0 Å². The second-order valence-corrected chi connectivity index (χ2v) is 11.4. The minimum absolute atomic E-state index is 0.146. The number of hydrogen-bond donors (Lipinski definition) is 0. The maximum atomic E-state index is 12.6. The maximum absolute atomic E-state index is 12.6. The highest BCUT2D eigenvalue weighted by Gasteiger charge is 2.27. The molecule has 4 rings (SSSR count). The van der Waals surface area contributed by atoms with Crippen LogP contribution in [-0.2, 0) is 21.4 Å². The molecule has 1 amide bonds. The normalized spacial score (nSPS) is 15.5. The van der Waals surface area contributed by atoms with Crippen molar-refractivity contribution in [1.29, 1.82) is 0 Å². The average molecular weight is 477 g/mol. The number of thiophene rings is 1. The van der Waals surface area contributed by atoms with Gasteiger partial charge in [-0.15, -0.1) is 22.7 Å². The van der Waals surface area contributed by atoms with Gasteiger partial charge in [-0.2, -0.15) is 4.31 Å². The van der Waals surface area contributed by atoms with E-state index in [-0.39, 0.29) is 16.7 Å². The Hall–Kier alpha value is -2.11. The van der Waals surface area contributed by atoms with E-state index in [0.717, 1.165) is 51.5 Å². The van der Waals surface area contributed by atoms with Crippen LogP contribution in [0.1, 0.15) is 5.69 Å². The molecule has 1 fully saturated rings. The Labute approximate surface area is 190 Å². The number of piperazine rings is 1. The first-order valence-corrected chi connectivity index (χ1v) is 13.1. The van der Waals surface area contributed by atoms with Crippen molar-refractivity contribution >= 4 is 38.6 Å². The van der Waals surface area contributed by atoms with E-state index in [4.69, 9.17) is 4.98 Å². The Bertz CT molecular complexity index is 1110. The number of aromatic nitrogens is 1. The van der Waals surface area contributed by atoms with Crippen molar-refractivity contribution in [2.24, 2.45) is 0 Å². The minimum Gasteiger partial charge on any atom is -0.339 e. The molecule has 10 heteroatoms. The van der Waals surface area contributed by atoms with Gasteiger partial charge in [0.25, 0.3) is 10.0 Å². The topological polar surface area (TPSA) is 73.8 Å². The molecule has 0 bridgehead atoms. The number of sulfonamides is 1. The zero-order chi connectivity index (χ0) is 21.8. The molecule has 2 aromatic heterocycles. The molecule has 3 heterocycles. The standard InChI is InChI=1S/C21H24N4O3S3/c1-23(31(27,28)20-8-5-13-29-20)15-19(26)25-11-9-24(10-12-25)14-18-16-30-21(22-18)17-6-3-2-4-7-17/h2-8,13,16H,9-12,14-15H2,1H3. The summed E-state index contributed by atoms with van der Waals surface area (Å²) in [6, 6.07) is 13.4. The lowest BCUT2D eigenvalue weighted by atomic mass is 10.2. The molecule has 0 saturated carbocycles. The number of carbonyl (C=O) groups is 1. The Kier molecular flexibility index (Phi) is 6.83. The lowest BCUT2D eigenvalue weighted by Gasteiger charge is -2.35. The quantitative estimate of drug-likeness (QED) is 0.524. The summed E-state index contributed by atoms with van der Waals surface area (Å²) < 4.78 is 26.4. The van der Waals surface area contributed by atoms with Gasteiger partial charge in [0, 0.05) is 50.7 Å². The predicted molar refractivity (Wildman–Crippen MR) is 124 cm³/mol.